The molecule has 0 bridgehead atoms. The van der Waals surface area contributed by atoms with E-state index in [9.17, 15) is 0 Å². The van der Waals surface area contributed by atoms with Gasteiger partial charge in [-0.3, -0.25) is 0 Å². The van der Waals surface area contributed by atoms with Crippen molar-refractivity contribution in [1.82, 2.24) is 0 Å². The predicted molar refractivity (Wildman–Crippen MR) is 267 cm³/mol. The van der Waals surface area contributed by atoms with Gasteiger partial charge in [0.25, 0.3) is 0 Å². The fourth-order valence-electron chi connectivity index (χ4n) is 6.26. The molecule has 1 heterocycles. The maximum absolute atomic E-state index is 5.71. The normalized spacial score (nSPS) is 9.29. The van der Waals surface area contributed by atoms with Gasteiger partial charge in [0.15, 0.2) is 0 Å². The number of fused-ring (bicyclic) bond motifs is 7. The van der Waals surface area contributed by atoms with Crippen LogP contribution in [0, 0.1) is 20.8 Å². The Kier molecular flexibility index (Phi) is 24.9. The average Bonchev–Trinajstić information content (AvgIpc) is 3.69. The van der Waals surface area contributed by atoms with Crippen LogP contribution in [0.5, 0.6) is 0 Å². The van der Waals surface area contributed by atoms with Gasteiger partial charge in [-0.05, 0) is 94.0 Å². The molecule has 0 amide bonds. The summed E-state index contributed by atoms with van der Waals surface area (Å²) in [4.78, 5) is 0. The lowest BCUT2D eigenvalue weighted by Gasteiger charge is -2.06. The topological polar surface area (TPSA) is 13.1 Å². The molecule has 0 saturated carbocycles. The van der Waals surface area contributed by atoms with Crippen LogP contribution in [0.4, 0.5) is 0 Å². The van der Waals surface area contributed by atoms with E-state index in [1.165, 1.54) is 70.9 Å². The first-order chi connectivity index (χ1) is 28.5. The van der Waals surface area contributed by atoms with E-state index in [0.29, 0.717) is 0 Å². The molecule has 1 aromatic heterocycles. The highest BCUT2D eigenvalue weighted by molar-refractivity contribution is 6.09. The molecule has 0 N–H and O–H groups in total. The highest BCUT2D eigenvalue weighted by Crippen LogP contribution is 2.30. The number of furan rings is 1. The van der Waals surface area contributed by atoms with Crippen LogP contribution < -0.4 is 0 Å². The summed E-state index contributed by atoms with van der Waals surface area (Å²) in [6, 6.07) is 57.6. The summed E-state index contributed by atoms with van der Waals surface area (Å²) in [7, 11) is 0. The fraction of sp³-hybridized carbons (Fsp3) is 0.263. The van der Waals surface area contributed by atoms with E-state index in [1.807, 2.05) is 113 Å². The maximum Gasteiger partial charge on any atom is 0.135 e. The van der Waals surface area contributed by atoms with Crippen LogP contribution in [0.15, 0.2) is 168 Å². The molecule has 9 rings (SSSR count). The van der Waals surface area contributed by atoms with Crippen molar-refractivity contribution in [3.63, 3.8) is 0 Å². The second-order valence-corrected chi connectivity index (χ2v) is 12.0. The van der Waals surface area contributed by atoms with Crippen LogP contribution in [0.1, 0.15) is 99.8 Å². The Bertz CT molecular complexity index is 2450. The number of rotatable bonds is 1. The molecule has 9 aromatic rings. The molecule has 0 aliphatic heterocycles. The predicted octanol–water partition coefficient (Wildman–Crippen LogP) is 19.2. The molecule has 0 aliphatic rings. The van der Waals surface area contributed by atoms with Crippen LogP contribution in [0.3, 0.4) is 0 Å². The van der Waals surface area contributed by atoms with E-state index in [2.05, 4.69) is 154 Å². The minimum absolute atomic E-state index is 0.966. The third-order valence-corrected chi connectivity index (χ3v) is 8.61. The van der Waals surface area contributed by atoms with Gasteiger partial charge < -0.3 is 4.42 Å². The lowest BCUT2D eigenvalue weighted by molar-refractivity contribution is 0.669. The maximum atomic E-state index is 5.71. The molecule has 0 atom stereocenters. The zero-order valence-corrected chi connectivity index (χ0v) is 38.5. The van der Waals surface area contributed by atoms with Gasteiger partial charge in [-0.2, -0.15) is 0 Å². The van der Waals surface area contributed by atoms with Crippen LogP contribution in [-0.2, 0) is 0 Å². The minimum Gasteiger partial charge on any atom is -0.456 e. The van der Waals surface area contributed by atoms with Crippen molar-refractivity contribution in [3.05, 3.63) is 180 Å². The minimum atomic E-state index is 0.966. The zero-order valence-electron chi connectivity index (χ0n) is 38.5. The van der Waals surface area contributed by atoms with Crippen molar-refractivity contribution in [2.75, 3.05) is 0 Å². The SMILES string of the molecule is CC.CC.CC.CC.CC.CC.Cc1cc2ccccc2c2ccccc12.Cc1ccc2cc(-c3ccccc3)ccc2c1.Cc1ccc2oc3ccccc3c2c1. The first-order valence-corrected chi connectivity index (χ1v) is 21.8. The summed E-state index contributed by atoms with van der Waals surface area (Å²) < 4.78 is 5.71. The van der Waals surface area contributed by atoms with E-state index in [1.54, 1.807) is 0 Å². The molecule has 1 nitrogen and oxygen atoms in total. The number of benzene rings is 8. The summed E-state index contributed by atoms with van der Waals surface area (Å²) in [5.41, 5.74) is 8.42. The van der Waals surface area contributed by atoms with E-state index >= 15 is 0 Å². The molecule has 0 fully saturated rings. The molecular formula is C57H72O. The van der Waals surface area contributed by atoms with Gasteiger partial charge >= 0.3 is 0 Å². The van der Waals surface area contributed by atoms with E-state index < -0.39 is 0 Å². The highest BCUT2D eigenvalue weighted by Gasteiger charge is 2.05. The van der Waals surface area contributed by atoms with Crippen LogP contribution in [0.2, 0.25) is 0 Å². The quantitative estimate of drug-likeness (QED) is 0.151. The molecule has 8 aromatic carbocycles. The standard InChI is InChI=1S/C17H14.C15H12.C13H10O.6C2H6/c1-13-7-8-17-12-16(10-9-15(17)11-13)14-5-3-2-4-6-14;1-11-10-12-6-2-3-8-14(12)15-9-5-4-7-13(11)15;1-9-6-7-13-11(8-9)10-4-2-3-5-12(10)14-13;6*1-2/h2-12H,1H3;2-10H,1H3;2-8H,1H3;6*1-2H3. The van der Waals surface area contributed by atoms with Crippen LogP contribution in [-0.4, -0.2) is 0 Å². The Morgan fingerprint density at radius 2 is 0.741 bits per heavy atom. The van der Waals surface area contributed by atoms with Gasteiger partial charge in [-0.1, -0.05) is 234 Å². The zero-order chi connectivity index (χ0) is 43.5. The number of aryl methyl sites for hydroxylation is 3. The van der Waals surface area contributed by atoms with Crippen molar-refractivity contribution in [2.24, 2.45) is 0 Å². The van der Waals surface area contributed by atoms with Gasteiger partial charge in [0.05, 0.1) is 0 Å². The average molecular weight is 773 g/mol. The van der Waals surface area contributed by atoms with Crippen molar-refractivity contribution in [3.8, 4) is 11.1 Å². The summed E-state index contributed by atoms with van der Waals surface area (Å²) in [5, 5.41) is 10.4. The van der Waals surface area contributed by atoms with Gasteiger partial charge in [0, 0.05) is 10.8 Å². The number of hydrogen-bond donors (Lipinski definition) is 0. The second kappa shape index (κ2) is 28.7. The first-order valence-electron chi connectivity index (χ1n) is 21.8. The monoisotopic (exact) mass is 773 g/mol. The fourth-order valence-corrected chi connectivity index (χ4v) is 6.26. The summed E-state index contributed by atoms with van der Waals surface area (Å²) in [6.45, 7) is 30.4. The van der Waals surface area contributed by atoms with E-state index in [0.717, 1.165) is 11.2 Å². The van der Waals surface area contributed by atoms with Crippen molar-refractivity contribution >= 4 is 54.3 Å². The van der Waals surface area contributed by atoms with Gasteiger partial charge in [-0.25, -0.2) is 0 Å². The van der Waals surface area contributed by atoms with Crippen LogP contribution >= 0.6 is 0 Å². The highest BCUT2D eigenvalue weighted by atomic mass is 16.3. The van der Waals surface area contributed by atoms with Gasteiger partial charge in [0.1, 0.15) is 11.2 Å². The second-order valence-electron chi connectivity index (χ2n) is 12.0. The Labute approximate surface area is 352 Å². The third-order valence-electron chi connectivity index (χ3n) is 8.61. The Hall–Kier alpha value is -5.66. The van der Waals surface area contributed by atoms with E-state index in [-0.39, 0.29) is 0 Å². The van der Waals surface area contributed by atoms with E-state index in [4.69, 9.17) is 4.42 Å². The van der Waals surface area contributed by atoms with Crippen molar-refractivity contribution in [2.45, 2.75) is 104 Å². The summed E-state index contributed by atoms with van der Waals surface area (Å²) in [5.74, 6) is 0. The third kappa shape index (κ3) is 13.8. The van der Waals surface area contributed by atoms with Gasteiger partial charge in [0.2, 0.25) is 0 Å². The molecule has 0 saturated heterocycles. The first kappa shape index (κ1) is 50.4. The van der Waals surface area contributed by atoms with Crippen LogP contribution in [0.25, 0.3) is 65.4 Å². The Morgan fingerprint density at radius 1 is 0.276 bits per heavy atom. The van der Waals surface area contributed by atoms with Crippen molar-refractivity contribution < 1.29 is 4.42 Å². The number of hydrogen-bond acceptors (Lipinski definition) is 1. The molecule has 0 unspecified atom stereocenters. The molecule has 0 radical (unpaired) electrons. The molecular weight excluding hydrogens is 701 g/mol. The Balaban J connectivity index is 0.000000386. The molecule has 1 heteroatoms. The summed E-state index contributed by atoms with van der Waals surface area (Å²) in [6.07, 6.45) is 0. The Morgan fingerprint density at radius 3 is 1.40 bits per heavy atom. The molecule has 306 valence electrons. The molecule has 0 aliphatic carbocycles. The lowest BCUT2D eigenvalue weighted by Crippen LogP contribution is -1.81. The smallest absolute Gasteiger partial charge is 0.135 e. The largest absolute Gasteiger partial charge is 0.456 e. The molecule has 0 spiro atoms. The molecule has 58 heavy (non-hydrogen) atoms. The van der Waals surface area contributed by atoms with Gasteiger partial charge in [-0.15, -0.1) is 0 Å². The summed E-state index contributed by atoms with van der Waals surface area (Å²) >= 11 is 0. The van der Waals surface area contributed by atoms with Crippen molar-refractivity contribution in [1.29, 1.82) is 0 Å². The lowest BCUT2D eigenvalue weighted by atomic mass is 9.98. The number of para-hydroxylation sites is 1.